The number of hydrogen-bond donors (Lipinski definition) is 1. The van der Waals surface area contributed by atoms with Gasteiger partial charge in [0.05, 0.1) is 10.6 Å². The van der Waals surface area contributed by atoms with Gasteiger partial charge in [0, 0.05) is 17.3 Å². The van der Waals surface area contributed by atoms with E-state index >= 15 is 0 Å². The lowest BCUT2D eigenvalue weighted by Gasteiger charge is -2.23. The first kappa shape index (κ1) is 22.7. The number of aryl methyl sites for hydroxylation is 1. The van der Waals surface area contributed by atoms with Crippen LogP contribution in [0.25, 0.3) is 0 Å². The summed E-state index contributed by atoms with van der Waals surface area (Å²) >= 11 is 5.90. The molecule has 0 aromatic heterocycles. The van der Waals surface area contributed by atoms with Crippen LogP contribution in [0, 0.1) is 6.92 Å². The maximum absolute atomic E-state index is 13.0. The van der Waals surface area contributed by atoms with Crippen molar-refractivity contribution in [1.82, 2.24) is 0 Å². The van der Waals surface area contributed by atoms with Crippen LogP contribution < -0.4 is 14.4 Å². The molecule has 0 atom stereocenters. The van der Waals surface area contributed by atoms with Crippen molar-refractivity contribution in [3.05, 3.63) is 83.4 Å². The number of hydrogen-bond acceptors (Lipinski definition) is 4. The second-order valence-corrected chi connectivity index (χ2v) is 9.12. The van der Waals surface area contributed by atoms with Crippen LogP contribution in [-0.4, -0.2) is 27.5 Å². The standard InChI is InChI=1S/C23H23ClN2O4S/c1-3-26(31(28,29)22-13-7-17(2)8-14-22)20-9-11-21(12-10-20)30-16-23(27)25-19-6-4-5-18(24)15-19/h4-15H,3,16H2,1-2H3,(H,25,27). The van der Waals surface area contributed by atoms with Gasteiger partial charge in [0.2, 0.25) is 0 Å². The highest BCUT2D eigenvalue weighted by molar-refractivity contribution is 7.92. The Bertz CT molecular complexity index is 1150. The predicted molar refractivity (Wildman–Crippen MR) is 123 cm³/mol. The molecule has 162 valence electrons. The molecule has 0 fully saturated rings. The quantitative estimate of drug-likeness (QED) is 0.522. The van der Waals surface area contributed by atoms with E-state index in [0.717, 1.165) is 5.56 Å². The van der Waals surface area contributed by atoms with E-state index in [1.165, 1.54) is 4.31 Å². The van der Waals surface area contributed by atoms with Crippen molar-refractivity contribution >= 4 is 38.9 Å². The molecule has 31 heavy (non-hydrogen) atoms. The van der Waals surface area contributed by atoms with Crippen LogP contribution in [0.3, 0.4) is 0 Å². The maximum atomic E-state index is 13.0. The number of nitrogens with zero attached hydrogens (tertiary/aromatic N) is 1. The third-order valence-corrected chi connectivity index (χ3v) is 6.65. The van der Waals surface area contributed by atoms with Gasteiger partial charge in [0.15, 0.2) is 6.61 Å². The van der Waals surface area contributed by atoms with Gasteiger partial charge in [-0.2, -0.15) is 0 Å². The summed E-state index contributed by atoms with van der Waals surface area (Å²) in [6.07, 6.45) is 0. The first-order valence-corrected chi connectivity index (χ1v) is 11.5. The third kappa shape index (κ3) is 5.77. The molecular formula is C23H23ClN2O4S. The summed E-state index contributed by atoms with van der Waals surface area (Å²) in [5.74, 6) is 0.122. The topological polar surface area (TPSA) is 75.7 Å². The van der Waals surface area contributed by atoms with Crippen molar-refractivity contribution in [2.45, 2.75) is 18.7 Å². The minimum Gasteiger partial charge on any atom is -0.484 e. The number of anilines is 2. The Morgan fingerprint density at radius 1 is 1.03 bits per heavy atom. The van der Waals surface area contributed by atoms with E-state index in [0.29, 0.717) is 22.1 Å². The molecule has 0 unspecified atom stereocenters. The average molecular weight is 459 g/mol. The Morgan fingerprint density at radius 2 is 1.71 bits per heavy atom. The van der Waals surface area contributed by atoms with E-state index < -0.39 is 10.0 Å². The Hall–Kier alpha value is -3.03. The fourth-order valence-corrected chi connectivity index (χ4v) is 4.61. The van der Waals surface area contributed by atoms with Crippen LogP contribution in [-0.2, 0) is 14.8 Å². The van der Waals surface area contributed by atoms with E-state index in [4.69, 9.17) is 16.3 Å². The average Bonchev–Trinajstić information content (AvgIpc) is 2.74. The van der Waals surface area contributed by atoms with Gasteiger partial charge in [-0.3, -0.25) is 9.10 Å². The Morgan fingerprint density at radius 3 is 2.32 bits per heavy atom. The van der Waals surface area contributed by atoms with Gasteiger partial charge in [-0.05, 0) is 68.4 Å². The summed E-state index contributed by atoms with van der Waals surface area (Å²) in [4.78, 5) is 12.3. The fourth-order valence-electron chi connectivity index (χ4n) is 2.95. The highest BCUT2D eigenvalue weighted by atomic mass is 35.5. The molecular weight excluding hydrogens is 436 g/mol. The van der Waals surface area contributed by atoms with Crippen molar-refractivity contribution in [2.24, 2.45) is 0 Å². The Kier molecular flexibility index (Phi) is 7.20. The molecule has 0 aliphatic carbocycles. The summed E-state index contributed by atoms with van der Waals surface area (Å²) in [7, 11) is -3.68. The SMILES string of the molecule is CCN(c1ccc(OCC(=O)Nc2cccc(Cl)c2)cc1)S(=O)(=O)c1ccc(C)cc1. The van der Waals surface area contributed by atoms with Gasteiger partial charge in [-0.15, -0.1) is 0 Å². The van der Waals surface area contributed by atoms with Crippen LogP contribution in [0.4, 0.5) is 11.4 Å². The van der Waals surface area contributed by atoms with Crippen LogP contribution >= 0.6 is 11.6 Å². The minimum absolute atomic E-state index is 0.189. The molecule has 8 heteroatoms. The molecule has 0 bridgehead atoms. The molecule has 0 spiro atoms. The van der Waals surface area contributed by atoms with Crippen molar-refractivity contribution < 1.29 is 17.9 Å². The van der Waals surface area contributed by atoms with Crippen molar-refractivity contribution in [1.29, 1.82) is 0 Å². The molecule has 3 aromatic rings. The summed E-state index contributed by atoms with van der Waals surface area (Å²) < 4.78 is 32.8. The summed E-state index contributed by atoms with van der Waals surface area (Å²) in [6, 6.07) is 20.1. The predicted octanol–water partition coefficient (Wildman–Crippen LogP) is 4.88. The molecule has 0 heterocycles. The Balaban J connectivity index is 1.65. The zero-order chi connectivity index (χ0) is 22.4. The molecule has 1 N–H and O–H groups in total. The molecule has 0 saturated carbocycles. The zero-order valence-corrected chi connectivity index (χ0v) is 18.8. The van der Waals surface area contributed by atoms with Crippen LogP contribution in [0.15, 0.2) is 77.7 Å². The molecule has 1 amide bonds. The summed E-state index contributed by atoms with van der Waals surface area (Å²) in [6.45, 7) is 3.77. The number of sulfonamides is 1. The zero-order valence-electron chi connectivity index (χ0n) is 17.2. The number of nitrogens with one attached hydrogen (secondary N) is 1. The number of rotatable bonds is 8. The second kappa shape index (κ2) is 9.85. The van der Waals surface area contributed by atoms with Gasteiger partial charge in [0.25, 0.3) is 15.9 Å². The van der Waals surface area contributed by atoms with Gasteiger partial charge in [-0.1, -0.05) is 35.4 Å². The van der Waals surface area contributed by atoms with Crippen LogP contribution in [0.5, 0.6) is 5.75 Å². The van der Waals surface area contributed by atoms with E-state index in [1.807, 2.05) is 6.92 Å². The van der Waals surface area contributed by atoms with E-state index in [2.05, 4.69) is 5.32 Å². The maximum Gasteiger partial charge on any atom is 0.264 e. The molecule has 3 aromatic carbocycles. The molecule has 0 radical (unpaired) electrons. The fraction of sp³-hybridized carbons (Fsp3) is 0.174. The van der Waals surface area contributed by atoms with Gasteiger partial charge in [-0.25, -0.2) is 8.42 Å². The minimum atomic E-state index is -3.68. The first-order valence-electron chi connectivity index (χ1n) is 9.67. The molecule has 3 rings (SSSR count). The number of halogens is 1. The number of ether oxygens (including phenoxy) is 1. The van der Waals surface area contributed by atoms with Gasteiger partial charge in [0.1, 0.15) is 5.75 Å². The highest BCUT2D eigenvalue weighted by Gasteiger charge is 2.23. The van der Waals surface area contributed by atoms with Crippen molar-refractivity contribution in [3.8, 4) is 5.75 Å². The molecule has 0 aliphatic rings. The third-order valence-electron chi connectivity index (χ3n) is 4.50. The molecule has 0 saturated heterocycles. The Labute approximate surface area is 187 Å². The molecule has 6 nitrogen and oxygen atoms in total. The second-order valence-electron chi connectivity index (χ2n) is 6.82. The van der Waals surface area contributed by atoms with Crippen molar-refractivity contribution in [2.75, 3.05) is 22.8 Å². The smallest absolute Gasteiger partial charge is 0.264 e. The largest absolute Gasteiger partial charge is 0.484 e. The number of amides is 1. The van der Waals surface area contributed by atoms with E-state index in [1.54, 1.807) is 79.7 Å². The van der Waals surface area contributed by atoms with E-state index in [9.17, 15) is 13.2 Å². The molecule has 0 aliphatic heterocycles. The van der Waals surface area contributed by atoms with Crippen LogP contribution in [0.2, 0.25) is 5.02 Å². The van der Waals surface area contributed by atoms with Gasteiger partial charge < -0.3 is 10.1 Å². The van der Waals surface area contributed by atoms with Crippen LogP contribution in [0.1, 0.15) is 12.5 Å². The lowest BCUT2D eigenvalue weighted by Crippen LogP contribution is -2.30. The monoisotopic (exact) mass is 458 g/mol. The summed E-state index contributed by atoms with van der Waals surface area (Å²) in [5.41, 5.74) is 2.08. The normalized spacial score (nSPS) is 11.1. The highest BCUT2D eigenvalue weighted by Crippen LogP contribution is 2.26. The number of benzene rings is 3. The van der Waals surface area contributed by atoms with E-state index in [-0.39, 0.29) is 24.0 Å². The first-order chi connectivity index (χ1) is 14.8. The summed E-state index contributed by atoms with van der Waals surface area (Å²) in [5, 5.41) is 3.22. The lowest BCUT2D eigenvalue weighted by atomic mass is 10.2. The lowest BCUT2D eigenvalue weighted by molar-refractivity contribution is -0.118. The number of carbonyl (C=O) groups excluding carboxylic acids is 1. The number of carbonyl (C=O) groups is 1. The van der Waals surface area contributed by atoms with Gasteiger partial charge >= 0.3 is 0 Å². The van der Waals surface area contributed by atoms with Crippen molar-refractivity contribution in [3.63, 3.8) is 0 Å².